The molecule has 1 aromatic carbocycles. The molecule has 1 rings (SSSR count). The van der Waals surface area contributed by atoms with Gasteiger partial charge < -0.3 is 5.73 Å². The van der Waals surface area contributed by atoms with E-state index >= 15 is 0 Å². The van der Waals surface area contributed by atoms with E-state index in [0.717, 1.165) is 25.8 Å². The van der Waals surface area contributed by atoms with Crippen molar-refractivity contribution >= 4 is 37.5 Å². The van der Waals surface area contributed by atoms with Crippen LogP contribution >= 0.6 is 31.9 Å². The van der Waals surface area contributed by atoms with Crippen LogP contribution in [0.25, 0.3) is 0 Å². The third kappa shape index (κ3) is 1.59. The summed E-state index contributed by atoms with van der Waals surface area (Å²) in [7, 11) is 0. The largest absolute Gasteiger partial charge is 0.398 e. The van der Waals surface area contributed by atoms with Crippen LogP contribution < -0.4 is 5.73 Å². The minimum Gasteiger partial charge on any atom is -0.398 e. The highest BCUT2D eigenvalue weighted by Crippen LogP contribution is 2.32. The summed E-state index contributed by atoms with van der Waals surface area (Å²) in [6.45, 7) is 4.01. The van der Waals surface area contributed by atoms with Crippen LogP contribution in [-0.4, -0.2) is 0 Å². The number of benzene rings is 1. The molecule has 0 unspecified atom stereocenters. The van der Waals surface area contributed by atoms with Crippen molar-refractivity contribution in [2.45, 2.75) is 13.8 Å². The van der Waals surface area contributed by atoms with Gasteiger partial charge in [0.1, 0.15) is 0 Å². The van der Waals surface area contributed by atoms with E-state index in [2.05, 4.69) is 31.9 Å². The first-order chi connectivity index (χ1) is 5.04. The summed E-state index contributed by atoms with van der Waals surface area (Å²) in [5, 5.41) is 0. The lowest BCUT2D eigenvalue weighted by Crippen LogP contribution is -1.92. The molecule has 0 saturated carbocycles. The van der Waals surface area contributed by atoms with Crippen molar-refractivity contribution in [3.05, 3.63) is 26.1 Å². The van der Waals surface area contributed by atoms with Gasteiger partial charge in [-0.25, -0.2) is 0 Å². The van der Waals surface area contributed by atoms with Crippen molar-refractivity contribution in [1.29, 1.82) is 0 Å². The van der Waals surface area contributed by atoms with Crippen LogP contribution in [0.15, 0.2) is 15.0 Å². The first kappa shape index (κ1) is 9.07. The van der Waals surface area contributed by atoms with Crippen LogP contribution in [0.5, 0.6) is 0 Å². The maximum absolute atomic E-state index is 5.74. The predicted molar refractivity (Wildman–Crippen MR) is 55.7 cm³/mol. The average Bonchev–Trinajstić information content (AvgIpc) is 1.97. The van der Waals surface area contributed by atoms with Gasteiger partial charge in [-0.15, -0.1) is 0 Å². The van der Waals surface area contributed by atoms with Gasteiger partial charge in [0.15, 0.2) is 0 Å². The fourth-order valence-electron chi connectivity index (χ4n) is 0.869. The van der Waals surface area contributed by atoms with E-state index in [4.69, 9.17) is 5.73 Å². The molecule has 0 spiro atoms. The predicted octanol–water partition coefficient (Wildman–Crippen LogP) is 3.41. The number of anilines is 1. The smallest absolute Gasteiger partial charge is 0.0369 e. The molecule has 3 heteroatoms. The summed E-state index contributed by atoms with van der Waals surface area (Å²) in [4.78, 5) is 0. The van der Waals surface area contributed by atoms with Crippen molar-refractivity contribution in [2.24, 2.45) is 0 Å². The lowest BCUT2D eigenvalue weighted by atomic mass is 10.1. The van der Waals surface area contributed by atoms with Crippen LogP contribution in [0.4, 0.5) is 5.69 Å². The van der Waals surface area contributed by atoms with Crippen LogP contribution in [0.2, 0.25) is 0 Å². The Morgan fingerprint density at radius 3 is 2.27 bits per heavy atom. The Hall–Kier alpha value is -0.0200. The van der Waals surface area contributed by atoms with Crippen molar-refractivity contribution in [3.63, 3.8) is 0 Å². The fraction of sp³-hybridized carbons (Fsp3) is 0.250. The zero-order valence-corrected chi connectivity index (χ0v) is 9.58. The summed E-state index contributed by atoms with van der Waals surface area (Å²) < 4.78 is 2.14. The second-order valence-corrected chi connectivity index (χ2v) is 4.12. The second-order valence-electron chi connectivity index (χ2n) is 2.54. The Bertz CT molecular complexity index is 268. The van der Waals surface area contributed by atoms with Gasteiger partial charge in [0.05, 0.1) is 0 Å². The van der Waals surface area contributed by atoms with Gasteiger partial charge in [0.2, 0.25) is 0 Å². The summed E-state index contributed by atoms with van der Waals surface area (Å²) in [5.41, 5.74) is 8.81. The summed E-state index contributed by atoms with van der Waals surface area (Å²) in [5.74, 6) is 0. The molecule has 0 radical (unpaired) electrons. The van der Waals surface area contributed by atoms with Crippen molar-refractivity contribution in [1.82, 2.24) is 0 Å². The Labute approximate surface area is 83.2 Å². The highest BCUT2D eigenvalue weighted by Gasteiger charge is 2.06. The molecule has 0 amide bonds. The number of hydrogen-bond acceptors (Lipinski definition) is 1. The molecular formula is C8H9Br2N. The third-order valence-corrected chi connectivity index (χ3v) is 4.22. The molecule has 0 fully saturated rings. The summed E-state index contributed by atoms with van der Waals surface area (Å²) in [6.07, 6.45) is 0. The maximum atomic E-state index is 5.74. The van der Waals surface area contributed by atoms with Crippen LogP contribution in [0.3, 0.4) is 0 Å². The van der Waals surface area contributed by atoms with E-state index < -0.39 is 0 Å². The average molecular weight is 279 g/mol. The van der Waals surface area contributed by atoms with Gasteiger partial charge in [0, 0.05) is 14.6 Å². The van der Waals surface area contributed by atoms with Crippen LogP contribution in [-0.2, 0) is 0 Å². The van der Waals surface area contributed by atoms with Crippen molar-refractivity contribution < 1.29 is 0 Å². The molecule has 0 aliphatic rings. The number of nitrogen functional groups attached to an aromatic ring is 1. The topological polar surface area (TPSA) is 26.0 Å². The Balaban J connectivity index is 3.46. The van der Waals surface area contributed by atoms with E-state index in [9.17, 15) is 0 Å². The molecular weight excluding hydrogens is 270 g/mol. The van der Waals surface area contributed by atoms with Gasteiger partial charge in [-0.2, -0.15) is 0 Å². The molecule has 0 aromatic heterocycles. The first-order valence-corrected chi connectivity index (χ1v) is 4.83. The van der Waals surface area contributed by atoms with Crippen LogP contribution in [0.1, 0.15) is 11.1 Å². The zero-order valence-electron chi connectivity index (χ0n) is 6.41. The number of rotatable bonds is 0. The van der Waals surface area contributed by atoms with Gasteiger partial charge in [-0.05, 0) is 62.9 Å². The molecule has 0 atom stereocenters. The molecule has 0 aliphatic carbocycles. The summed E-state index contributed by atoms with van der Waals surface area (Å²) in [6, 6.07) is 1.96. The molecule has 0 bridgehead atoms. The highest BCUT2D eigenvalue weighted by atomic mass is 79.9. The van der Waals surface area contributed by atoms with Gasteiger partial charge >= 0.3 is 0 Å². The number of halogens is 2. The molecule has 0 saturated heterocycles. The lowest BCUT2D eigenvalue weighted by Gasteiger charge is -2.07. The van der Waals surface area contributed by atoms with E-state index in [1.54, 1.807) is 0 Å². The third-order valence-electron chi connectivity index (χ3n) is 1.67. The van der Waals surface area contributed by atoms with Gasteiger partial charge in [-0.3, -0.25) is 0 Å². The first-order valence-electron chi connectivity index (χ1n) is 3.24. The minimum absolute atomic E-state index is 0.831. The minimum atomic E-state index is 0.831. The van der Waals surface area contributed by atoms with Crippen molar-refractivity contribution in [2.75, 3.05) is 5.73 Å². The highest BCUT2D eigenvalue weighted by molar-refractivity contribution is 9.13. The Morgan fingerprint density at radius 1 is 1.18 bits per heavy atom. The molecule has 0 aliphatic heterocycles. The van der Waals surface area contributed by atoms with E-state index in [-0.39, 0.29) is 0 Å². The van der Waals surface area contributed by atoms with E-state index in [1.165, 1.54) is 0 Å². The molecule has 2 N–H and O–H groups in total. The van der Waals surface area contributed by atoms with E-state index in [1.807, 2.05) is 19.9 Å². The normalized spacial score (nSPS) is 10.2. The summed E-state index contributed by atoms with van der Waals surface area (Å²) >= 11 is 6.92. The molecule has 1 nitrogen and oxygen atoms in total. The van der Waals surface area contributed by atoms with E-state index in [0.29, 0.717) is 0 Å². The number of aryl methyl sites for hydroxylation is 1. The standard InChI is InChI=1S/C8H9Br2N/c1-4-3-6(11)5(2)8(10)7(4)9/h3H,11H2,1-2H3. The Morgan fingerprint density at radius 2 is 1.73 bits per heavy atom. The van der Waals surface area contributed by atoms with Gasteiger partial charge in [-0.1, -0.05) is 0 Å². The molecule has 1 aromatic rings. The molecule has 0 heterocycles. The molecule has 60 valence electrons. The van der Waals surface area contributed by atoms with Gasteiger partial charge in [0.25, 0.3) is 0 Å². The fourth-order valence-corrected chi connectivity index (χ4v) is 1.82. The Kier molecular flexibility index (Phi) is 2.60. The SMILES string of the molecule is Cc1cc(N)c(C)c(Br)c1Br. The number of hydrogen-bond donors (Lipinski definition) is 1. The lowest BCUT2D eigenvalue weighted by molar-refractivity contribution is 1.34. The number of nitrogens with two attached hydrogens (primary N) is 1. The maximum Gasteiger partial charge on any atom is 0.0369 e. The zero-order chi connectivity index (χ0) is 8.59. The quantitative estimate of drug-likeness (QED) is 0.723. The van der Waals surface area contributed by atoms with Crippen LogP contribution in [0, 0.1) is 13.8 Å². The molecule has 11 heavy (non-hydrogen) atoms. The second kappa shape index (κ2) is 3.15. The van der Waals surface area contributed by atoms with Crippen molar-refractivity contribution in [3.8, 4) is 0 Å². The monoisotopic (exact) mass is 277 g/mol.